The van der Waals surface area contributed by atoms with Gasteiger partial charge in [-0.05, 0) is 13.3 Å². The summed E-state index contributed by atoms with van der Waals surface area (Å²) >= 11 is 5.49. The van der Waals surface area contributed by atoms with E-state index in [0.29, 0.717) is 18.0 Å². The maximum atomic E-state index is 5.49. The van der Waals surface area contributed by atoms with Crippen LogP contribution in [-0.2, 0) is 4.74 Å². The Balaban J connectivity index is 2.10. The molecule has 1 N–H and O–H groups in total. The first-order valence-electron chi connectivity index (χ1n) is 4.40. The van der Waals surface area contributed by atoms with E-state index in [9.17, 15) is 0 Å². The first kappa shape index (κ1) is 10.0. The van der Waals surface area contributed by atoms with Crippen LogP contribution in [0.15, 0.2) is 12.2 Å². The SMILES string of the molecule is CC1OCCC1NC/C=C/CCl. The predicted octanol–water partition coefficient (Wildman–Crippen LogP) is 1.55. The zero-order valence-corrected chi connectivity index (χ0v) is 8.18. The minimum atomic E-state index is 0.356. The van der Waals surface area contributed by atoms with Crippen molar-refractivity contribution in [2.75, 3.05) is 19.0 Å². The van der Waals surface area contributed by atoms with Crippen molar-refractivity contribution in [3.8, 4) is 0 Å². The standard InChI is InChI=1S/C9H16ClNO/c1-8-9(4-7-12-8)11-6-3-2-5-10/h2-3,8-9,11H,4-7H2,1H3/b3-2+. The molecule has 0 saturated carbocycles. The second-order valence-corrected chi connectivity index (χ2v) is 3.31. The molecule has 1 aliphatic rings. The van der Waals surface area contributed by atoms with Crippen molar-refractivity contribution in [1.29, 1.82) is 0 Å². The number of rotatable bonds is 4. The van der Waals surface area contributed by atoms with Crippen LogP contribution in [0.4, 0.5) is 0 Å². The zero-order chi connectivity index (χ0) is 8.81. The van der Waals surface area contributed by atoms with E-state index in [2.05, 4.69) is 18.3 Å². The van der Waals surface area contributed by atoms with E-state index in [4.69, 9.17) is 16.3 Å². The Bertz CT molecular complexity index is 149. The highest BCUT2D eigenvalue weighted by Gasteiger charge is 2.22. The Labute approximate surface area is 78.9 Å². The molecule has 12 heavy (non-hydrogen) atoms. The van der Waals surface area contributed by atoms with Crippen molar-refractivity contribution in [2.24, 2.45) is 0 Å². The quantitative estimate of drug-likeness (QED) is 0.535. The van der Waals surface area contributed by atoms with Crippen molar-refractivity contribution in [3.05, 3.63) is 12.2 Å². The molecule has 0 radical (unpaired) electrons. The highest BCUT2D eigenvalue weighted by molar-refractivity contribution is 6.18. The molecule has 3 heteroatoms. The van der Waals surface area contributed by atoms with Crippen LogP contribution in [-0.4, -0.2) is 31.2 Å². The Morgan fingerprint density at radius 1 is 1.58 bits per heavy atom. The van der Waals surface area contributed by atoms with E-state index in [1.807, 2.05) is 6.08 Å². The second kappa shape index (κ2) is 5.57. The molecule has 0 bridgehead atoms. The van der Waals surface area contributed by atoms with Crippen molar-refractivity contribution < 1.29 is 4.74 Å². The number of alkyl halides is 1. The molecule has 0 aromatic rings. The van der Waals surface area contributed by atoms with Crippen LogP contribution in [0.1, 0.15) is 13.3 Å². The van der Waals surface area contributed by atoms with Gasteiger partial charge < -0.3 is 10.1 Å². The first-order chi connectivity index (χ1) is 5.84. The molecule has 1 aliphatic heterocycles. The summed E-state index contributed by atoms with van der Waals surface area (Å²) in [6.07, 6.45) is 5.48. The van der Waals surface area contributed by atoms with Gasteiger partial charge in [0.25, 0.3) is 0 Å². The molecule has 1 saturated heterocycles. The molecule has 0 aromatic heterocycles. The van der Waals surface area contributed by atoms with Gasteiger partial charge in [-0.1, -0.05) is 12.2 Å². The van der Waals surface area contributed by atoms with Gasteiger partial charge in [0.15, 0.2) is 0 Å². The largest absolute Gasteiger partial charge is 0.377 e. The monoisotopic (exact) mass is 189 g/mol. The van der Waals surface area contributed by atoms with Gasteiger partial charge in [0, 0.05) is 25.1 Å². The van der Waals surface area contributed by atoms with E-state index in [-0.39, 0.29) is 0 Å². The lowest BCUT2D eigenvalue weighted by Gasteiger charge is -2.14. The van der Waals surface area contributed by atoms with Crippen molar-refractivity contribution in [1.82, 2.24) is 5.32 Å². The molecular formula is C9H16ClNO. The maximum absolute atomic E-state index is 5.49. The highest BCUT2D eigenvalue weighted by atomic mass is 35.5. The molecule has 70 valence electrons. The molecule has 2 atom stereocenters. The highest BCUT2D eigenvalue weighted by Crippen LogP contribution is 2.11. The van der Waals surface area contributed by atoms with Crippen LogP contribution in [0.2, 0.25) is 0 Å². The van der Waals surface area contributed by atoms with Crippen LogP contribution in [0.5, 0.6) is 0 Å². The molecule has 2 nitrogen and oxygen atoms in total. The molecule has 0 aromatic carbocycles. The van der Waals surface area contributed by atoms with Gasteiger partial charge in [-0.2, -0.15) is 0 Å². The smallest absolute Gasteiger partial charge is 0.0700 e. The lowest BCUT2D eigenvalue weighted by atomic mass is 10.1. The molecule has 1 rings (SSSR count). The molecule has 1 heterocycles. The van der Waals surface area contributed by atoms with E-state index in [1.165, 1.54) is 0 Å². The third-order valence-corrected chi connectivity index (χ3v) is 2.31. The molecule has 0 spiro atoms. The lowest BCUT2D eigenvalue weighted by molar-refractivity contribution is 0.114. The van der Waals surface area contributed by atoms with Crippen molar-refractivity contribution in [2.45, 2.75) is 25.5 Å². The minimum absolute atomic E-state index is 0.356. The Kier molecular flexibility index (Phi) is 4.66. The van der Waals surface area contributed by atoms with Crippen molar-refractivity contribution >= 4 is 11.6 Å². The Morgan fingerprint density at radius 3 is 3.00 bits per heavy atom. The normalized spacial score (nSPS) is 30.2. The van der Waals surface area contributed by atoms with Gasteiger partial charge >= 0.3 is 0 Å². The number of hydrogen-bond acceptors (Lipinski definition) is 2. The third-order valence-electron chi connectivity index (χ3n) is 2.13. The molecule has 0 aliphatic carbocycles. The van der Waals surface area contributed by atoms with Gasteiger partial charge in [0.2, 0.25) is 0 Å². The number of hydrogen-bond donors (Lipinski definition) is 1. The Hall–Kier alpha value is -0.0500. The summed E-state index contributed by atoms with van der Waals surface area (Å²) in [5.41, 5.74) is 0. The number of allylic oxidation sites excluding steroid dienone is 1. The summed E-state index contributed by atoms with van der Waals surface area (Å²) in [6, 6.07) is 0.518. The molecule has 0 amide bonds. The third kappa shape index (κ3) is 3.13. The van der Waals surface area contributed by atoms with E-state index < -0.39 is 0 Å². The summed E-state index contributed by atoms with van der Waals surface area (Å²) in [5.74, 6) is 0.596. The first-order valence-corrected chi connectivity index (χ1v) is 4.94. The summed E-state index contributed by atoms with van der Waals surface area (Å²) < 4.78 is 5.41. The fourth-order valence-electron chi connectivity index (χ4n) is 1.37. The van der Waals surface area contributed by atoms with Crippen LogP contribution >= 0.6 is 11.6 Å². The minimum Gasteiger partial charge on any atom is -0.377 e. The maximum Gasteiger partial charge on any atom is 0.0700 e. The molecule has 1 fully saturated rings. The summed E-state index contributed by atoms with van der Waals surface area (Å²) in [5, 5.41) is 3.40. The second-order valence-electron chi connectivity index (χ2n) is 3.01. The van der Waals surface area contributed by atoms with Gasteiger partial charge in [-0.25, -0.2) is 0 Å². The van der Waals surface area contributed by atoms with Gasteiger partial charge in [0.05, 0.1) is 6.10 Å². The van der Waals surface area contributed by atoms with Gasteiger partial charge in [0.1, 0.15) is 0 Å². The van der Waals surface area contributed by atoms with Gasteiger partial charge in [-0.15, -0.1) is 11.6 Å². The van der Waals surface area contributed by atoms with Crippen LogP contribution in [0, 0.1) is 0 Å². The topological polar surface area (TPSA) is 21.3 Å². The number of halogens is 1. The van der Waals surface area contributed by atoms with Gasteiger partial charge in [-0.3, -0.25) is 0 Å². The lowest BCUT2D eigenvalue weighted by Crippen LogP contribution is -2.34. The van der Waals surface area contributed by atoms with Crippen molar-refractivity contribution in [3.63, 3.8) is 0 Å². The summed E-state index contributed by atoms with van der Waals surface area (Å²) in [7, 11) is 0. The fourth-order valence-corrected chi connectivity index (χ4v) is 1.49. The summed E-state index contributed by atoms with van der Waals surface area (Å²) in [4.78, 5) is 0. The van der Waals surface area contributed by atoms with Crippen LogP contribution < -0.4 is 5.32 Å². The van der Waals surface area contributed by atoms with E-state index in [1.54, 1.807) is 0 Å². The average molecular weight is 190 g/mol. The molecule has 2 unspecified atom stereocenters. The van der Waals surface area contributed by atoms with E-state index >= 15 is 0 Å². The molecular weight excluding hydrogens is 174 g/mol. The zero-order valence-electron chi connectivity index (χ0n) is 7.42. The average Bonchev–Trinajstić information content (AvgIpc) is 2.46. The number of nitrogens with one attached hydrogen (secondary N) is 1. The Morgan fingerprint density at radius 2 is 2.42 bits per heavy atom. The van der Waals surface area contributed by atoms with Crippen LogP contribution in [0.3, 0.4) is 0 Å². The summed E-state index contributed by atoms with van der Waals surface area (Å²) in [6.45, 7) is 3.89. The van der Waals surface area contributed by atoms with E-state index in [0.717, 1.165) is 19.6 Å². The predicted molar refractivity (Wildman–Crippen MR) is 51.7 cm³/mol. The fraction of sp³-hybridized carbons (Fsp3) is 0.778. The number of ether oxygens (including phenoxy) is 1. The van der Waals surface area contributed by atoms with Crippen LogP contribution in [0.25, 0.3) is 0 Å².